The van der Waals surface area contributed by atoms with E-state index in [9.17, 15) is 5.11 Å². The first kappa shape index (κ1) is 13.0. The zero-order valence-corrected chi connectivity index (χ0v) is 10.4. The van der Waals surface area contributed by atoms with Gasteiger partial charge in [-0.2, -0.15) is 0 Å². The number of hydrogen-bond donors (Lipinski definition) is 1. The molecule has 0 amide bonds. The largest absolute Gasteiger partial charge is 0.393 e. The average molecular weight is 213 g/mol. The molecule has 90 valence electrons. The minimum Gasteiger partial charge on any atom is -0.393 e. The second-order valence-electron chi connectivity index (χ2n) is 4.86. The lowest BCUT2D eigenvalue weighted by Crippen LogP contribution is -2.35. The van der Waals surface area contributed by atoms with Gasteiger partial charge in [0.15, 0.2) is 0 Å². The average Bonchev–Trinajstić information content (AvgIpc) is 2.43. The molecule has 1 saturated carbocycles. The summed E-state index contributed by atoms with van der Waals surface area (Å²) in [7, 11) is 0. The van der Waals surface area contributed by atoms with Crippen molar-refractivity contribution in [2.45, 2.75) is 58.5 Å². The first-order valence-corrected chi connectivity index (χ1v) is 6.68. The van der Waals surface area contributed by atoms with E-state index in [1.807, 2.05) is 0 Å². The highest BCUT2D eigenvalue weighted by molar-refractivity contribution is 4.76. The Labute approximate surface area is 94.7 Å². The van der Waals surface area contributed by atoms with Crippen molar-refractivity contribution in [1.29, 1.82) is 0 Å². The van der Waals surface area contributed by atoms with Crippen molar-refractivity contribution in [2.24, 2.45) is 5.92 Å². The van der Waals surface area contributed by atoms with Crippen molar-refractivity contribution in [3.8, 4) is 0 Å². The molecule has 0 radical (unpaired) electrons. The Hall–Kier alpha value is -0.0800. The molecule has 1 N–H and O–H groups in total. The predicted octanol–water partition coefficient (Wildman–Crippen LogP) is 2.66. The van der Waals surface area contributed by atoms with E-state index < -0.39 is 0 Å². The van der Waals surface area contributed by atoms with Crippen molar-refractivity contribution in [3.63, 3.8) is 0 Å². The summed E-state index contributed by atoms with van der Waals surface area (Å²) in [5.41, 5.74) is 0. The van der Waals surface area contributed by atoms with Crippen molar-refractivity contribution in [1.82, 2.24) is 4.90 Å². The van der Waals surface area contributed by atoms with Gasteiger partial charge in [0.05, 0.1) is 6.10 Å². The molecule has 0 spiro atoms. The predicted molar refractivity (Wildman–Crippen MR) is 65.0 cm³/mol. The molecule has 1 fully saturated rings. The van der Waals surface area contributed by atoms with Gasteiger partial charge in [0, 0.05) is 6.54 Å². The minimum absolute atomic E-state index is 0.0431. The van der Waals surface area contributed by atoms with Gasteiger partial charge in [-0.1, -0.05) is 33.1 Å². The maximum atomic E-state index is 10.0. The molecule has 0 aromatic carbocycles. The minimum atomic E-state index is -0.0431. The molecule has 2 unspecified atom stereocenters. The Balaban J connectivity index is 2.38. The highest BCUT2D eigenvalue weighted by Crippen LogP contribution is 2.24. The van der Waals surface area contributed by atoms with E-state index >= 15 is 0 Å². The van der Waals surface area contributed by atoms with Gasteiger partial charge in [-0.05, 0) is 38.3 Å². The van der Waals surface area contributed by atoms with Gasteiger partial charge >= 0.3 is 0 Å². The molecule has 0 aromatic rings. The third-order valence-corrected chi connectivity index (χ3v) is 3.60. The Morgan fingerprint density at radius 3 is 2.53 bits per heavy atom. The summed E-state index contributed by atoms with van der Waals surface area (Å²) in [6, 6.07) is 0. The number of hydrogen-bond acceptors (Lipinski definition) is 2. The summed E-state index contributed by atoms with van der Waals surface area (Å²) in [5.74, 6) is 0.527. The van der Waals surface area contributed by atoms with Crippen LogP contribution in [0.2, 0.25) is 0 Å². The maximum Gasteiger partial charge on any atom is 0.0580 e. The van der Waals surface area contributed by atoms with Crippen molar-refractivity contribution >= 4 is 0 Å². The lowest BCUT2D eigenvalue weighted by molar-refractivity contribution is 0.0747. The standard InChI is InChI=1S/C13H27NO/c1-3-10-14(4-2)11-12-8-6-5-7-9-13(12)15/h12-13,15H,3-11H2,1-2H3. The third-order valence-electron chi connectivity index (χ3n) is 3.60. The van der Waals surface area contributed by atoms with E-state index in [2.05, 4.69) is 18.7 Å². The van der Waals surface area contributed by atoms with Crippen LogP contribution in [0.4, 0.5) is 0 Å². The summed E-state index contributed by atoms with van der Waals surface area (Å²) >= 11 is 0. The smallest absolute Gasteiger partial charge is 0.0580 e. The summed E-state index contributed by atoms with van der Waals surface area (Å²) in [6.45, 7) is 7.85. The number of rotatable bonds is 5. The monoisotopic (exact) mass is 213 g/mol. The molecule has 0 aliphatic heterocycles. The van der Waals surface area contributed by atoms with Crippen LogP contribution in [0.5, 0.6) is 0 Å². The van der Waals surface area contributed by atoms with Crippen LogP contribution in [0.15, 0.2) is 0 Å². The normalized spacial score (nSPS) is 28.0. The molecule has 2 heteroatoms. The van der Waals surface area contributed by atoms with Crippen LogP contribution in [0.3, 0.4) is 0 Å². The topological polar surface area (TPSA) is 23.5 Å². The van der Waals surface area contributed by atoms with Gasteiger partial charge in [-0.25, -0.2) is 0 Å². The van der Waals surface area contributed by atoms with Crippen LogP contribution < -0.4 is 0 Å². The van der Waals surface area contributed by atoms with E-state index in [4.69, 9.17) is 0 Å². The molecule has 0 aromatic heterocycles. The first-order chi connectivity index (χ1) is 7.27. The van der Waals surface area contributed by atoms with Gasteiger partial charge in [-0.3, -0.25) is 0 Å². The molecular weight excluding hydrogens is 186 g/mol. The molecule has 2 nitrogen and oxygen atoms in total. The molecule has 1 aliphatic carbocycles. The molecule has 0 heterocycles. The summed E-state index contributed by atoms with van der Waals surface area (Å²) < 4.78 is 0. The van der Waals surface area contributed by atoms with Gasteiger partial charge in [0.25, 0.3) is 0 Å². The van der Waals surface area contributed by atoms with Crippen molar-refractivity contribution in [2.75, 3.05) is 19.6 Å². The van der Waals surface area contributed by atoms with Gasteiger partial charge < -0.3 is 10.0 Å². The van der Waals surface area contributed by atoms with Crippen molar-refractivity contribution in [3.05, 3.63) is 0 Å². The van der Waals surface area contributed by atoms with Gasteiger partial charge in [0.2, 0.25) is 0 Å². The van der Waals surface area contributed by atoms with E-state index in [1.165, 1.54) is 38.6 Å². The van der Waals surface area contributed by atoms with Gasteiger partial charge in [0.1, 0.15) is 0 Å². The van der Waals surface area contributed by atoms with Crippen LogP contribution >= 0.6 is 0 Å². The fourth-order valence-corrected chi connectivity index (χ4v) is 2.60. The fourth-order valence-electron chi connectivity index (χ4n) is 2.60. The van der Waals surface area contributed by atoms with Crippen molar-refractivity contribution < 1.29 is 5.11 Å². The van der Waals surface area contributed by atoms with Crippen LogP contribution in [0.25, 0.3) is 0 Å². The second kappa shape index (κ2) is 7.24. The van der Waals surface area contributed by atoms with E-state index in [0.717, 1.165) is 19.5 Å². The number of nitrogens with zero attached hydrogens (tertiary/aromatic N) is 1. The highest BCUT2D eigenvalue weighted by atomic mass is 16.3. The van der Waals surface area contributed by atoms with Crippen LogP contribution in [-0.4, -0.2) is 35.7 Å². The summed E-state index contributed by atoms with van der Waals surface area (Å²) in [4.78, 5) is 2.49. The molecular formula is C13H27NO. The Bertz CT molecular complexity index is 161. The highest BCUT2D eigenvalue weighted by Gasteiger charge is 2.22. The zero-order valence-electron chi connectivity index (χ0n) is 10.4. The molecule has 15 heavy (non-hydrogen) atoms. The van der Waals surface area contributed by atoms with E-state index in [-0.39, 0.29) is 6.10 Å². The Morgan fingerprint density at radius 2 is 1.87 bits per heavy atom. The van der Waals surface area contributed by atoms with E-state index in [0.29, 0.717) is 5.92 Å². The number of aliphatic hydroxyl groups excluding tert-OH is 1. The number of aliphatic hydroxyl groups is 1. The first-order valence-electron chi connectivity index (χ1n) is 6.68. The molecule has 0 bridgehead atoms. The van der Waals surface area contributed by atoms with Crippen LogP contribution in [0, 0.1) is 5.92 Å². The van der Waals surface area contributed by atoms with Gasteiger partial charge in [-0.15, -0.1) is 0 Å². The third kappa shape index (κ3) is 4.52. The van der Waals surface area contributed by atoms with Crippen LogP contribution in [-0.2, 0) is 0 Å². The molecule has 1 aliphatic rings. The Kier molecular flexibility index (Phi) is 6.26. The second-order valence-corrected chi connectivity index (χ2v) is 4.86. The molecule has 0 saturated heterocycles. The lowest BCUT2D eigenvalue weighted by atomic mass is 9.96. The summed E-state index contributed by atoms with van der Waals surface area (Å²) in [5, 5.41) is 10.0. The SMILES string of the molecule is CCCN(CC)CC1CCCCCC1O. The lowest BCUT2D eigenvalue weighted by Gasteiger charge is -2.28. The van der Waals surface area contributed by atoms with Crippen LogP contribution in [0.1, 0.15) is 52.4 Å². The molecule has 1 rings (SSSR count). The molecule has 2 atom stereocenters. The van der Waals surface area contributed by atoms with E-state index in [1.54, 1.807) is 0 Å². The summed E-state index contributed by atoms with van der Waals surface area (Å²) in [6.07, 6.45) is 7.27. The zero-order chi connectivity index (χ0) is 11.1. The fraction of sp³-hybridized carbons (Fsp3) is 1.00. The quantitative estimate of drug-likeness (QED) is 0.710. The Morgan fingerprint density at radius 1 is 1.13 bits per heavy atom. The maximum absolute atomic E-state index is 10.0.